The van der Waals surface area contributed by atoms with Crippen LogP contribution in [0.1, 0.15) is 13.8 Å². The van der Waals surface area contributed by atoms with Crippen LogP contribution in [0.5, 0.6) is 0 Å². The molecule has 0 aliphatic rings. The lowest BCUT2D eigenvalue weighted by Crippen LogP contribution is -2.32. The Morgan fingerprint density at radius 2 is 1.83 bits per heavy atom. The highest BCUT2D eigenvalue weighted by Gasteiger charge is 2.22. The molecule has 0 bridgehead atoms. The molecule has 0 saturated heterocycles. The van der Waals surface area contributed by atoms with E-state index in [1.165, 1.54) is 23.1 Å². The van der Waals surface area contributed by atoms with E-state index in [0.29, 0.717) is 5.57 Å². The van der Waals surface area contributed by atoms with Gasteiger partial charge in [-0.25, -0.2) is 0 Å². The molecule has 7 nitrogen and oxygen atoms in total. The van der Waals surface area contributed by atoms with E-state index in [1.807, 2.05) is 0 Å². The van der Waals surface area contributed by atoms with Crippen LogP contribution in [0.3, 0.4) is 0 Å². The number of rotatable bonds is 5. The maximum atomic E-state index is 11.9. The van der Waals surface area contributed by atoms with Gasteiger partial charge in [0, 0.05) is 12.1 Å². The van der Waals surface area contributed by atoms with Gasteiger partial charge in [0.15, 0.2) is 0 Å². The molecule has 23 heavy (non-hydrogen) atoms. The smallest absolute Gasteiger partial charge is 0.296 e. The number of hydrogen-bond donors (Lipinski definition) is 2. The highest BCUT2D eigenvalue weighted by molar-refractivity contribution is 7.86. The van der Waals surface area contributed by atoms with Crippen LogP contribution in [-0.4, -0.2) is 31.3 Å². The molecule has 0 fully saturated rings. The van der Waals surface area contributed by atoms with E-state index in [0.717, 1.165) is 6.08 Å². The second-order valence-electron chi connectivity index (χ2n) is 4.38. The summed E-state index contributed by atoms with van der Waals surface area (Å²) in [6.07, 6.45) is 1.06. The Hall–Kier alpha value is -2.45. The van der Waals surface area contributed by atoms with Crippen LogP contribution in [0, 0.1) is 0 Å². The second kappa shape index (κ2) is 8.86. The summed E-state index contributed by atoms with van der Waals surface area (Å²) in [5, 5.41) is 0. The molecule has 0 unspecified atom stereocenters. The Morgan fingerprint density at radius 1 is 1.35 bits per heavy atom. The van der Waals surface area contributed by atoms with Crippen molar-refractivity contribution < 1.29 is 22.6 Å². The monoisotopic (exact) mass is 340 g/mol. The van der Waals surface area contributed by atoms with Crippen LogP contribution in [0.4, 0.5) is 5.69 Å². The van der Waals surface area contributed by atoms with E-state index in [-0.39, 0.29) is 23.0 Å². The molecule has 3 N–H and O–H groups in total. The van der Waals surface area contributed by atoms with Crippen molar-refractivity contribution in [2.24, 2.45) is 5.73 Å². The molecule has 0 heterocycles. The summed E-state index contributed by atoms with van der Waals surface area (Å²) in [5.74, 6) is -0.862. The van der Waals surface area contributed by atoms with Crippen molar-refractivity contribution in [3.63, 3.8) is 0 Å². The first-order valence-corrected chi connectivity index (χ1v) is 7.96. The molecule has 0 radical (unpaired) electrons. The predicted molar refractivity (Wildman–Crippen MR) is 88.5 cm³/mol. The van der Waals surface area contributed by atoms with E-state index in [1.54, 1.807) is 19.9 Å². The summed E-state index contributed by atoms with van der Waals surface area (Å²) in [4.78, 5) is 22.3. The van der Waals surface area contributed by atoms with Gasteiger partial charge >= 0.3 is 0 Å². The average Bonchev–Trinajstić information content (AvgIpc) is 2.47. The molecule has 0 atom stereocenters. The quantitative estimate of drug-likeness (QED) is 0.622. The van der Waals surface area contributed by atoms with E-state index >= 15 is 0 Å². The number of nitrogens with zero attached hydrogens (tertiary/aromatic N) is 1. The minimum absolute atomic E-state index is 0.149. The molecule has 1 rings (SSSR count). The van der Waals surface area contributed by atoms with Gasteiger partial charge in [0.2, 0.25) is 5.91 Å². The normalized spacial score (nSPS) is 10.0. The van der Waals surface area contributed by atoms with Crippen LogP contribution >= 0.6 is 0 Å². The molecule has 126 valence electrons. The van der Waals surface area contributed by atoms with E-state index in [9.17, 15) is 18.0 Å². The summed E-state index contributed by atoms with van der Waals surface area (Å²) in [6.45, 7) is 10.2. The van der Waals surface area contributed by atoms with Crippen molar-refractivity contribution in [3.8, 4) is 0 Å². The highest BCUT2D eigenvalue weighted by Crippen LogP contribution is 2.25. The molecule has 0 spiro atoms. The van der Waals surface area contributed by atoms with Crippen LogP contribution in [-0.2, 0) is 19.7 Å². The van der Waals surface area contributed by atoms with Crippen molar-refractivity contribution in [3.05, 3.63) is 49.1 Å². The van der Waals surface area contributed by atoms with Gasteiger partial charge in [-0.2, -0.15) is 8.42 Å². The minimum Gasteiger partial charge on any atom is -0.366 e. The summed E-state index contributed by atoms with van der Waals surface area (Å²) < 4.78 is 31.7. The zero-order valence-electron chi connectivity index (χ0n) is 13.0. The third-order valence-electron chi connectivity index (χ3n) is 2.56. The van der Waals surface area contributed by atoms with Gasteiger partial charge in [-0.1, -0.05) is 25.3 Å². The fourth-order valence-corrected chi connectivity index (χ4v) is 2.25. The van der Waals surface area contributed by atoms with Gasteiger partial charge in [0.25, 0.3) is 16.0 Å². The van der Waals surface area contributed by atoms with Gasteiger partial charge in [-0.3, -0.25) is 14.1 Å². The number of carbonyl (C=O) groups is 2. The van der Waals surface area contributed by atoms with Crippen molar-refractivity contribution in [1.82, 2.24) is 0 Å². The summed E-state index contributed by atoms with van der Waals surface area (Å²) in [5.41, 5.74) is 4.98. The number of para-hydroxylation sites is 1. The molecule has 1 aromatic carbocycles. The van der Waals surface area contributed by atoms with Gasteiger partial charge in [-0.15, -0.1) is 0 Å². The average molecular weight is 340 g/mol. The van der Waals surface area contributed by atoms with Crippen molar-refractivity contribution >= 4 is 27.6 Å². The first-order valence-electron chi connectivity index (χ1n) is 6.52. The van der Waals surface area contributed by atoms with Gasteiger partial charge in [0.1, 0.15) is 4.90 Å². The standard InChI is InChI=1S/C12H15NO4S.C3H5NO/c1-4-13(12(14)9(2)3)10-7-5-6-8-11(10)18(15,16)17;1-2-3(4)5/h5-8H,2,4H2,1,3H3,(H,15,16,17);2H,1H2,(H2,4,5). The number of likely N-dealkylation sites (N-methyl/N-ethyl adjacent to an activating group) is 1. The van der Waals surface area contributed by atoms with Gasteiger partial charge < -0.3 is 10.6 Å². The molecule has 0 aromatic heterocycles. The lowest BCUT2D eigenvalue weighted by Gasteiger charge is -2.22. The third kappa shape index (κ3) is 6.45. The molecule has 0 saturated carbocycles. The molecular weight excluding hydrogens is 320 g/mol. The number of primary amides is 1. The number of nitrogens with two attached hydrogens (primary N) is 1. The predicted octanol–water partition coefficient (Wildman–Crippen LogP) is 1.52. The van der Waals surface area contributed by atoms with E-state index < -0.39 is 16.0 Å². The third-order valence-corrected chi connectivity index (χ3v) is 3.46. The van der Waals surface area contributed by atoms with Crippen LogP contribution in [0.25, 0.3) is 0 Å². The first kappa shape index (κ1) is 20.6. The Morgan fingerprint density at radius 3 is 2.17 bits per heavy atom. The van der Waals surface area contributed by atoms with Crippen LogP contribution < -0.4 is 10.6 Å². The van der Waals surface area contributed by atoms with E-state index in [4.69, 9.17) is 4.55 Å². The van der Waals surface area contributed by atoms with Crippen molar-refractivity contribution in [1.29, 1.82) is 0 Å². The molecule has 1 aromatic rings. The zero-order chi connectivity index (χ0) is 18.2. The lowest BCUT2D eigenvalue weighted by atomic mass is 10.2. The Labute approximate surface area is 135 Å². The number of amides is 2. The molecule has 0 aliphatic heterocycles. The Bertz CT molecular complexity index is 710. The topological polar surface area (TPSA) is 118 Å². The Kier molecular flexibility index (Phi) is 7.92. The molecule has 0 aliphatic carbocycles. The first-order chi connectivity index (χ1) is 10.6. The number of anilines is 1. The summed E-state index contributed by atoms with van der Waals surface area (Å²) >= 11 is 0. The van der Waals surface area contributed by atoms with Crippen molar-refractivity contribution in [2.75, 3.05) is 11.4 Å². The second-order valence-corrected chi connectivity index (χ2v) is 5.77. The number of benzene rings is 1. The lowest BCUT2D eigenvalue weighted by molar-refractivity contribution is -0.115. The Balaban J connectivity index is 0.000000841. The van der Waals surface area contributed by atoms with Gasteiger partial charge in [0.05, 0.1) is 5.69 Å². The summed E-state index contributed by atoms with van der Waals surface area (Å²) in [6, 6.07) is 5.79. The number of hydrogen-bond acceptors (Lipinski definition) is 4. The van der Waals surface area contributed by atoms with Crippen LogP contribution in [0.15, 0.2) is 54.0 Å². The highest BCUT2D eigenvalue weighted by atomic mass is 32.2. The minimum atomic E-state index is -4.37. The fraction of sp³-hybridized carbons (Fsp3) is 0.200. The van der Waals surface area contributed by atoms with Gasteiger partial charge in [-0.05, 0) is 32.1 Å². The zero-order valence-corrected chi connectivity index (χ0v) is 13.8. The van der Waals surface area contributed by atoms with Crippen LogP contribution in [0.2, 0.25) is 0 Å². The molecular formula is C15H20N2O5S. The largest absolute Gasteiger partial charge is 0.366 e. The molecule has 2 amide bonds. The van der Waals surface area contributed by atoms with E-state index in [2.05, 4.69) is 18.9 Å². The summed E-state index contributed by atoms with van der Waals surface area (Å²) in [7, 11) is -4.37. The maximum absolute atomic E-state index is 11.9. The SMILES string of the molecule is C=C(C)C(=O)N(CC)c1ccccc1S(=O)(=O)O.C=CC(N)=O. The number of carbonyl (C=O) groups excluding carboxylic acids is 2. The van der Waals surface area contributed by atoms with Crippen molar-refractivity contribution in [2.45, 2.75) is 18.7 Å². The molecule has 8 heteroatoms. The fourth-order valence-electron chi connectivity index (χ4n) is 1.55. The maximum Gasteiger partial charge on any atom is 0.296 e.